The number of ether oxygens (including phenoxy) is 2. The summed E-state index contributed by atoms with van der Waals surface area (Å²) in [5.74, 6) is 2.20. The molecule has 140 valence electrons. The molecule has 0 radical (unpaired) electrons. The van der Waals surface area contributed by atoms with Gasteiger partial charge in [-0.05, 0) is 43.7 Å². The molecule has 6 nitrogen and oxygen atoms in total. The second-order valence-electron chi connectivity index (χ2n) is 6.56. The van der Waals surface area contributed by atoms with Crippen LogP contribution in [0.1, 0.15) is 31.2 Å². The first-order valence-electron chi connectivity index (χ1n) is 9.06. The van der Waals surface area contributed by atoms with E-state index >= 15 is 0 Å². The molecule has 1 atom stereocenters. The lowest BCUT2D eigenvalue weighted by atomic mass is 10.2. The summed E-state index contributed by atoms with van der Waals surface area (Å²) in [7, 11) is 0. The fourth-order valence-corrected chi connectivity index (χ4v) is 3.15. The van der Waals surface area contributed by atoms with Gasteiger partial charge in [0.05, 0.1) is 6.04 Å². The number of hydrogen-bond donors (Lipinski definition) is 1. The summed E-state index contributed by atoms with van der Waals surface area (Å²) >= 11 is 0. The Bertz CT molecular complexity index is 933. The minimum Gasteiger partial charge on any atom is -0.459 e. The molecule has 6 heteroatoms. The lowest BCUT2D eigenvalue weighted by Crippen LogP contribution is -2.40. The number of para-hydroxylation sites is 1. The molecule has 3 aromatic rings. The van der Waals surface area contributed by atoms with Crippen molar-refractivity contribution in [2.75, 3.05) is 13.3 Å². The molecule has 0 saturated heterocycles. The summed E-state index contributed by atoms with van der Waals surface area (Å²) in [6, 6.07) is 15.2. The zero-order valence-corrected chi connectivity index (χ0v) is 15.4. The van der Waals surface area contributed by atoms with E-state index < -0.39 is 0 Å². The molecule has 0 spiro atoms. The molecule has 1 N–H and O–H groups in total. The maximum absolute atomic E-state index is 12.7. The lowest BCUT2D eigenvalue weighted by Gasteiger charge is -2.23. The average molecular weight is 366 g/mol. The van der Waals surface area contributed by atoms with Crippen LogP contribution in [0.25, 0.3) is 11.0 Å². The molecule has 0 fully saturated rings. The number of amides is 2. The maximum Gasteiger partial charge on any atom is 0.318 e. The first-order chi connectivity index (χ1) is 13.1. The third-order valence-corrected chi connectivity index (χ3v) is 4.69. The van der Waals surface area contributed by atoms with E-state index in [0.29, 0.717) is 13.1 Å². The van der Waals surface area contributed by atoms with Crippen molar-refractivity contribution in [3.8, 4) is 11.5 Å². The van der Waals surface area contributed by atoms with E-state index in [4.69, 9.17) is 13.9 Å². The van der Waals surface area contributed by atoms with E-state index in [2.05, 4.69) is 5.32 Å². The first-order valence-corrected chi connectivity index (χ1v) is 9.06. The number of benzene rings is 2. The largest absolute Gasteiger partial charge is 0.459 e. The first kappa shape index (κ1) is 17.3. The zero-order chi connectivity index (χ0) is 18.8. The van der Waals surface area contributed by atoms with Crippen LogP contribution in [0.15, 0.2) is 52.9 Å². The quantitative estimate of drug-likeness (QED) is 0.724. The number of carbonyl (C=O) groups is 1. The Labute approximate surface area is 157 Å². The van der Waals surface area contributed by atoms with E-state index in [-0.39, 0.29) is 18.9 Å². The monoisotopic (exact) mass is 366 g/mol. The Morgan fingerprint density at radius 1 is 1.15 bits per heavy atom. The minimum atomic E-state index is -0.226. The Morgan fingerprint density at radius 2 is 1.96 bits per heavy atom. The normalized spacial score (nSPS) is 13.6. The number of nitrogens with zero attached hydrogens (tertiary/aromatic N) is 1. The van der Waals surface area contributed by atoms with Crippen LogP contribution in [-0.4, -0.2) is 24.3 Å². The number of furan rings is 1. The summed E-state index contributed by atoms with van der Waals surface area (Å²) in [5, 5.41) is 4.05. The van der Waals surface area contributed by atoms with Crippen molar-refractivity contribution >= 4 is 17.0 Å². The fourth-order valence-electron chi connectivity index (χ4n) is 3.15. The molecule has 1 aliphatic heterocycles. The predicted molar refractivity (Wildman–Crippen MR) is 102 cm³/mol. The molecule has 0 aliphatic carbocycles. The van der Waals surface area contributed by atoms with Crippen LogP contribution in [0.5, 0.6) is 11.5 Å². The number of fused-ring (bicyclic) bond motifs is 2. The van der Waals surface area contributed by atoms with Gasteiger partial charge in [0.15, 0.2) is 11.5 Å². The van der Waals surface area contributed by atoms with Gasteiger partial charge in [-0.25, -0.2) is 4.79 Å². The molecular weight excluding hydrogens is 344 g/mol. The van der Waals surface area contributed by atoms with Gasteiger partial charge in [0.1, 0.15) is 11.3 Å². The molecule has 1 unspecified atom stereocenters. The van der Waals surface area contributed by atoms with Crippen LogP contribution < -0.4 is 14.8 Å². The number of hydrogen-bond acceptors (Lipinski definition) is 4. The fraction of sp³-hybridized carbons (Fsp3) is 0.286. The molecule has 2 heterocycles. The van der Waals surface area contributed by atoms with E-state index in [1.165, 1.54) is 0 Å². The highest BCUT2D eigenvalue weighted by atomic mass is 16.7. The van der Waals surface area contributed by atoms with E-state index in [9.17, 15) is 4.79 Å². The molecule has 1 aliphatic rings. The Kier molecular flexibility index (Phi) is 4.62. The zero-order valence-electron chi connectivity index (χ0n) is 15.4. The van der Waals surface area contributed by atoms with Gasteiger partial charge < -0.3 is 24.1 Å². The highest BCUT2D eigenvalue weighted by Crippen LogP contribution is 2.32. The number of rotatable bonds is 5. The smallest absolute Gasteiger partial charge is 0.318 e. The highest BCUT2D eigenvalue weighted by Gasteiger charge is 2.20. The summed E-state index contributed by atoms with van der Waals surface area (Å²) in [4.78, 5) is 14.5. The summed E-state index contributed by atoms with van der Waals surface area (Å²) < 4.78 is 16.6. The SMILES string of the molecule is CCN(Cc1ccc2c(c1)OCO2)C(=O)NC(C)c1cc2ccccc2o1. The van der Waals surface area contributed by atoms with Gasteiger partial charge in [-0.3, -0.25) is 0 Å². The van der Waals surface area contributed by atoms with E-state index in [0.717, 1.165) is 33.8 Å². The van der Waals surface area contributed by atoms with Crippen LogP contribution in [0, 0.1) is 0 Å². The Morgan fingerprint density at radius 3 is 2.78 bits per heavy atom. The molecule has 0 saturated carbocycles. The molecule has 1 aromatic heterocycles. The minimum absolute atomic E-state index is 0.136. The molecule has 27 heavy (non-hydrogen) atoms. The second-order valence-corrected chi connectivity index (χ2v) is 6.56. The highest BCUT2D eigenvalue weighted by molar-refractivity contribution is 5.78. The van der Waals surface area contributed by atoms with Gasteiger partial charge in [0, 0.05) is 18.5 Å². The molecule has 2 aromatic carbocycles. The molecule has 0 bridgehead atoms. The standard InChI is InChI=1S/C21H22N2O4/c1-3-23(12-15-8-9-18-20(10-15)26-13-25-18)21(24)22-14(2)19-11-16-6-4-5-7-17(16)27-19/h4-11,14H,3,12-13H2,1-2H3,(H,22,24). The van der Waals surface area contributed by atoms with E-state index in [1.807, 2.05) is 62.4 Å². The Hall–Kier alpha value is -3.15. The van der Waals surface area contributed by atoms with E-state index in [1.54, 1.807) is 4.90 Å². The van der Waals surface area contributed by atoms with Crippen LogP contribution >= 0.6 is 0 Å². The van der Waals surface area contributed by atoms with Crippen molar-refractivity contribution in [1.29, 1.82) is 0 Å². The van der Waals surface area contributed by atoms with Gasteiger partial charge in [-0.1, -0.05) is 24.3 Å². The molecule has 4 rings (SSSR count). The lowest BCUT2D eigenvalue weighted by molar-refractivity contribution is 0.173. The summed E-state index contributed by atoms with van der Waals surface area (Å²) in [6.07, 6.45) is 0. The van der Waals surface area contributed by atoms with Crippen molar-refractivity contribution in [3.05, 3.63) is 59.9 Å². The molecular formula is C21H22N2O4. The second kappa shape index (κ2) is 7.23. The van der Waals surface area contributed by atoms with Crippen molar-refractivity contribution in [1.82, 2.24) is 10.2 Å². The van der Waals surface area contributed by atoms with Crippen molar-refractivity contribution < 1.29 is 18.7 Å². The average Bonchev–Trinajstić information content (AvgIpc) is 3.32. The summed E-state index contributed by atoms with van der Waals surface area (Å²) in [6.45, 7) is 5.20. The van der Waals surface area contributed by atoms with Crippen molar-refractivity contribution in [2.45, 2.75) is 26.4 Å². The number of urea groups is 1. The van der Waals surface area contributed by atoms with Crippen molar-refractivity contribution in [2.24, 2.45) is 0 Å². The van der Waals surface area contributed by atoms with Gasteiger partial charge in [0.2, 0.25) is 6.79 Å². The predicted octanol–water partition coefficient (Wildman–Crippen LogP) is 4.45. The maximum atomic E-state index is 12.7. The van der Waals surface area contributed by atoms with Crippen LogP contribution in [0.3, 0.4) is 0 Å². The van der Waals surface area contributed by atoms with Crippen LogP contribution in [0.4, 0.5) is 4.79 Å². The van der Waals surface area contributed by atoms with Gasteiger partial charge in [0.25, 0.3) is 0 Å². The third kappa shape index (κ3) is 3.56. The van der Waals surface area contributed by atoms with Crippen LogP contribution in [0.2, 0.25) is 0 Å². The number of nitrogens with one attached hydrogen (secondary N) is 1. The Balaban J connectivity index is 1.43. The topological polar surface area (TPSA) is 63.9 Å². The molecule has 2 amide bonds. The van der Waals surface area contributed by atoms with Crippen molar-refractivity contribution in [3.63, 3.8) is 0 Å². The van der Waals surface area contributed by atoms with Gasteiger partial charge in [-0.15, -0.1) is 0 Å². The van der Waals surface area contributed by atoms with Gasteiger partial charge >= 0.3 is 6.03 Å². The van der Waals surface area contributed by atoms with Gasteiger partial charge in [-0.2, -0.15) is 0 Å². The van der Waals surface area contributed by atoms with Crippen LogP contribution in [-0.2, 0) is 6.54 Å². The summed E-state index contributed by atoms with van der Waals surface area (Å²) in [5.41, 5.74) is 1.81. The third-order valence-electron chi connectivity index (χ3n) is 4.69. The number of carbonyl (C=O) groups excluding carboxylic acids is 1.